The van der Waals surface area contributed by atoms with E-state index in [0.717, 1.165) is 16.8 Å². The Hall–Kier alpha value is -2.61. The first-order valence-corrected chi connectivity index (χ1v) is 8.32. The average Bonchev–Trinajstić information content (AvgIpc) is 3.03. The maximum Gasteiger partial charge on any atom is 0.226 e. The molecule has 0 spiro atoms. The maximum absolute atomic E-state index is 5.92. The van der Waals surface area contributed by atoms with Crippen LogP contribution in [0.4, 0.5) is 11.8 Å². The molecule has 0 bridgehead atoms. The third-order valence-corrected chi connectivity index (χ3v) is 4.31. The lowest BCUT2D eigenvalue weighted by molar-refractivity contribution is 0.354. The number of nitrogens with two attached hydrogens (primary N) is 1. The van der Waals surface area contributed by atoms with Crippen LogP contribution < -0.4 is 20.5 Å². The number of nitrogens with zero attached hydrogens (tertiary/aromatic N) is 3. The molecule has 0 amide bonds. The lowest BCUT2D eigenvalue weighted by atomic mass is 10.1. The number of ether oxygens (including phenoxy) is 2. The molecule has 0 aliphatic rings. The zero-order valence-corrected chi connectivity index (χ0v) is 14.6. The van der Waals surface area contributed by atoms with E-state index in [0.29, 0.717) is 28.8 Å². The predicted octanol–water partition coefficient (Wildman–Crippen LogP) is 2.73. The molecule has 1 unspecified atom stereocenters. The van der Waals surface area contributed by atoms with Crippen LogP contribution in [0.1, 0.15) is 12.5 Å². The van der Waals surface area contributed by atoms with Crippen LogP contribution in [0.15, 0.2) is 23.7 Å². The number of nitrogens with one attached hydrogen (secondary N) is 1. The molecule has 2 aromatic heterocycles. The lowest BCUT2D eigenvalue weighted by Crippen LogP contribution is -2.20. The Kier molecular flexibility index (Phi) is 4.66. The van der Waals surface area contributed by atoms with Crippen LogP contribution in [0, 0.1) is 0 Å². The lowest BCUT2D eigenvalue weighted by Gasteiger charge is -2.15. The van der Waals surface area contributed by atoms with E-state index in [1.807, 2.05) is 18.2 Å². The summed E-state index contributed by atoms with van der Waals surface area (Å²) in [7, 11) is 3.25. The summed E-state index contributed by atoms with van der Waals surface area (Å²) in [4.78, 5) is 13.7. The number of rotatable bonds is 6. The van der Waals surface area contributed by atoms with Gasteiger partial charge in [-0.05, 0) is 31.0 Å². The summed E-state index contributed by atoms with van der Waals surface area (Å²) in [5.41, 5.74) is 9.41. The van der Waals surface area contributed by atoms with Crippen molar-refractivity contribution >= 4 is 33.5 Å². The minimum Gasteiger partial charge on any atom is -0.493 e. The van der Waals surface area contributed by atoms with Gasteiger partial charge in [-0.1, -0.05) is 6.07 Å². The smallest absolute Gasteiger partial charge is 0.226 e. The summed E-state index contributed by atoms with van der Waals surface area (Å²) >= 11 is 1.44. The van der Waals surface area contributed by atoms with Crippen LogP contribution >= 0.6 is 11.3 Å². The monoisotopic (exact) mass is 345 g/mol. The SMILES string of the molecule is COc1ccc(CC(C)Nc2nc(N)c3ncsc3n2)cc1OC. The van der Waals surface area contributed by atoms with Gasteiger partial charge in [0.15, 0.2) is 22.1 Å². The number of methoxy groups -OCH3 is 2. The molecule has 0 fully saturated rings. The van der Waals surface area contributed by atoms with Crippen molar-refractivity contribution in [1.29, 1.82) is 0 Å². The fourth-order valence-corrected chi connectivity index (χ4v) is 3.15. The van der Waals surface area contributed by atoms with Crippen molar-refractivity contribution in [1.82, 2.24) is 15.0 Å². The van der Waals surface area contributed by atoms with Gasteiger partial charge in [-0.3, -0.25) is 0 Å². The van der Waals surface area contributed by atoms with E-state index in [2.05, 4.69) is 27.2 Å². The average molecular weight is 345 g/mol. The number of hydrogen-bond donors (Lipinski definition) is 2. The zero-order valence-electron chi connectivity index (χ0n) is 13.7. The Balaban J connectivity index is 1.73. The van der Waals surface area contributed by atoms with Crippen LogP contribution in [0.2, 0.25) is 0 Å². The molecule has 0 aliphatic carbocycles. The fourth-order valence-electron chi connectivity index (χ4n) is 2.48. The highest BCUT2D eigenvalue weighted by Crippen LogP contribution is 2.28. The van der Waals surface area contributed by atoms with Crippen LogP contribution in [0.5, 0.6) is 11.5 Å². The summed E-state index contributed by atoms with van der Waals surface area (Å²) in [6, 6.07) is 6.01. The number of aromatic nitrogens is 3. The molecule has 0 aliphatic heterocycles. The second-order valence-electron chi connectivity index (χ2n) is 5.38. The van der Waals surface area contributed by atoms with E-state index >= 15 is 0 Å². The van der Waals surface area contributed by atoms with E-state index in [1.165, 1.54) is 11.3 Å². The van der Waals surface area contributed by atoms with Gasteiger partial charge in [0.05, 0.1) is 19.7 Å². The predicted molar refractivity (Wildman–Crippen MR) is 96.0 cm³/mol. The number of hydrogen-bond acceptors (Lipinski definition) is 8. The molecule has 7 nitrogen and oxygen atoms in total. The Morgan fingerprint density at radius 3 is 2.75 bits per heavy atom. The van der Waals surface area contributed by atoms with Gasteiger partial charge >= 0.3 is 0 Å². The largest absolute Gasteiger partial charge is 0.493 e. The van der Waals surface area contributed by atoms with E-state index in [9.17, 15) is 0 Å². The molecule has 0 saturated carbocycles. The van der Waals surface area contributed by atoms with Crippen LogP contribution in [-0.2, 0) is 6.42 Å². The van der Waals surface area contributed by atoms with Crippen molar-refractivity contribution in [3.63, 3.8) is 0 Å². The molecule has 3 N–H and O–H groups in total. The Morgan fingerprint density at radius 2 is 2.00 bits per heavy atom. The Labute approximate surface area is 143 Å². The van der Waals surface area contributed by atoms with Crippen molar-refractivity contribution in [3.8, 4) is 11.5 Å². The zero-order chi connectivity index (χ0) is 17.1. The van der Waals surface area contributed by atoms with Crippen molar-refractivity contribution in [2.75, 3.05) is 25.3 Å². The first-order valence-electron chi connectivity index (χ1n) is 7.45. The normalized spacial score (nSPS) is 12.1. The first kappa shape index (κ1) is 16.3. The van der Waals surface area contributed by atoms with Gasteiger partial charge in [-0.15, -0.1) is 11.3 Å². The highest BCUT2D eigenvalue weighted by atomic mass is 32.1. The van der Waals surface area contributed by atoms with Gasteiger partial charge in [-0.2, -0.15) is 4.98 Å². The summed E-state index contributed by atoms with van der Waals surface area (Å²) in [5.74, 6) is 2.33. The van der Waals surface area contributed by atoms with Crippen molar-refractivity contribution < 1.29 is 9.47 Å². The quantitative estimate of drug-likeness (QED) is 0.709. The molecule has 3 aromatic rings. The van der Waals surface area contributed by atoms with Gasteiger partial charge in [0.2, 0.25) is 5.95 Å². The molecule has 24 heavy (non-hydrogen) atoms. The summed E-state index contributed by atoms with van der Waals surface area (Å²) < 4.78 is 10.6. The first-order chi connectivity index (χ1) is 11.6. The van der Waals surface area contributed by atoms with E-state index < -0.39 is 0 Å². The molecule has 3 rings (SSSR count). The minimum atomic E-state index is 0.118. The van der Waals surface area contributed by atoms with Gasteiger partial charge < -0.3 is 20.5 Å². The summed E-state index contributed by atoms with van der Waals surface area (Å²) in [6.45, 7) is 2.06. The minimum absolute atomic E-state index is 0.118. The second kappa shape index (κ2) is 6.88. The molecule has 8 heteroatoms. The number of fused-ring (bicyclic) bond motifs is 1. The van der Waals surface area contributed by atoms with Crippen LogP contribution in [0.25, 0.3) is 10.3 Å². The Morgan fingerprint density at radius 1 is 1.21 bits per heavy atom. The van der Waals surface area contributed by atoms with Gasteiger partial charge in [0.1, 0.15) is 5.52 Å². The molecule has 1 atom stereocenters. The fraction of sp³-hybridized carbons (Fsp3) is 0.312. The third kappa shape index (κ3) is 3.33. The molecule has 0 saturated heterocycles. The van der Waals surface area contributed by atoms with Crippen molar-refractivity contribution in [2.45, 2.75) is 19.4 Å². The molecule has 1 aromatic carbocycles. The highest BCUT2D eigenvalue weighted by Gasteiger charge is 2.12. The number of benzene rings is 1. The molecule has 2 heterocycles. The van der Waals surface area contributed by atoms with Gasteiger partial charge in [0, 0.05) is 6.04 Å². The van der Waals surface area contributed by atoms with E-state index in [1.54, 1.807) is 19.7 Å². The topological polar surface area (TPSA) is 95.2 Å². The number of thiazole rings is 1. The molecular weight excluding hydrogens is 326 g/mol. The standard InChI is InChI=1S/C16H19N5O2S/c1-9(6-10-4-5-11(22-2)12(7-10)23-3)19-16-20-14(17)13-15(21-16)24-8-18-13/h4-5,7-9H,6H2,1-3H3,(H3,17,19,20,21). The molecular formula is C16H19N5O2S. The van der Waals surface area contributed by atoms with Crippen LogP contribution in [0.3, 0.4) is 0 Å². The van der Waals surface area contributed by atoms with Gasteiger partial charge in [0.25, 0.3) is 0 Å². The van der Waals surface area contributed by atoms with Gasteiger partial charge in [-0.25, -0.2) is 9.97 Å². The summed E-state index contributed by atoms with van der Waals surface area (Å²) in [6.07, 6.45) is 0.782. The van der Waals surface area contributed by atoms with E-state index in [4.69, 9.17) is 15.2 Å². The number of anilines is 2. The summed E-state index contributed by atoms with van der Waals surface area (Å²) in [5, 5.41) is 3.28. The second-order valence-corrected chi connectivity index (χ2v) is 6.21. The van der Waals surface area contributed by atoms with Crippen molar-refractivity contribution in [2.24, 2.45) is 0 Å². The Bertz CT molecular complexity index is 852. The van der Waals surface area contributed by atoms with Crippen molar-refractivity contribution in [3.05, 3.63) is 29.3 Å². The maximum atomic E-state index is 5.92. The number of nitrogen functional groups attached to an aromatic ring is 1. The molecule has 0 radical (unpaired) electrons. The van der Waals surface area contributed by atoms with E-state index in [-0.39, 0.29) is 6.04 Å². The molecule has 126 valence electrons. The highest BCUT2D eigenvalue weighted by molar-refractivity contribution is 7.16. The van der Waals surface area contributed by atoms with Crippen LogP contribution in [-0.4, -0.2) is 35.2 Å². The third-order valence-electron chi connectivity index (χ3n) is 3.59.